The van der Waals surface area contributed by atoms with Gasteiger partial charge >= 0.3 is 0 Å². The van der Waals surface area contributed by atoms with Crippen molar-refractivity contribution in [1.82, 2.24) is 9.97 Å². The van der Waals surface area contributed by atoms with Gasteiger partial charge in [0.25, 0.3) is 0 Å². The van der Waals surface area contributed by atoms with Gasteiger partial charge in [-0.3, -0.25) is 0 Å². The van der Waals surface area contributed by atoms with Gasteiger partial charge in [0.05, 0.1) is 11.2 Å². The third-order valence-corrected chi connectivity index (χ3v) is 3.50. The van der Waals surface area contributed by atoms with E-state index in [0.717, 1.165) is 20.9 Å². The van der Waals surface area contributed by atoms with Crippen molar-refractivity contribution in [1.29, 1.82) is 0 Å². The number of rotatable bonds is 2. The molecule has 0 fully saturated rings. The highest BCUT2D eigenvalue weighted by atomic mass is 79.9. The molecular weight excluding hydrogens is 354 g/mol. The molecule has 0 bridgehead atoms. The molecule has 108 valence electrons. The number of hydrogen-bond donors (Lipinski definition) is 2. The van der Waals surface area contributed by atoms with E-state index in [1.807, 2.05) is 37.3 Å². The third-order valence-electron chi connectivity index (χ3n) is 3.00. The number of fused-ring (bicyclic) bond motifs is 1. The van der Waals surface area contributed by atoms with E-state index in [-0.39, 0.29) is 18.2 Å². The molecule has 1 heterocycles. The summed E-state index contributed by atoms with van der Waals surface area (Å²) in [7, 11) is 0. The summed E-state index contributed by atoms with van der Waals surface area (Å²) in [6.07, 6.45) is 1.51. The van der Waals surface area contributed by atoms with Crippen LogP contribution in [0.5, 0.6) is 5.75 Å². The average molecular weight is 367 g/mol. The van der Waals surface area contributed by atoms with Crippen LogP contribution in [-0.4, -0.2) is 15.1 Å². The van der Waals surface area contributed by atoms with E-state index in [9.17, 15) is 5.11 Å². The number of aromatic nitrogens is 2. The van der Waals surface area contributed by atoms with Crippen LogP contribution in [0.4, 0.5) is 11.5 Å². The highest BCUT2D eigenvalue weighted by Crippen LogP contribution is 2.30. The fraction of sp³-hybridized carbons (Fsp3) is 0.0667. The van der Waals surface area contributed by atoms with Crippen molar-refractivity contribution in [3.05, 3.63) is 52.8 Å². The normalized spacial score (nSPS) is 10.2. The Morgan fingerprint density at radius 1 is 1.10 bits per heavy atom. The second-order valence-corrected chi connectivity index (χ2v) is 5.45. The summed E-state index contributed by atoms with van der Waals surface area (Å²) in [6.45, 7) is 1.97. The van der Waals surface area contributed by atoms with Crippen molar-refractivity contribution < 1.29 is 5.11 Å². The Kier molecular flexibility index (Phi) is 4.65. The first-order valence-electron chi connectivity index (χ1n) is 6.10. The number of aryl methyl sites for hydroxylation is 1. The molecular formula is C15H13BrClN3O. The third kappa shape index (κ3) is 3.25. The van der Waals surface area contributed by atoms with Gasteiger partial charge in [-0.1, -0.05) is 22.0 Å². The van der Waals surface area contributed by atoms with Crippen LogP contribution in [0.3, 0.4) is 0 Å². The van der Waals surface area contributed by atoms with Crippen molar-refractivity contribution in [2.75, 3.05) is 5.32 Å². The molecule has 0 aliphatic heterocycles. The van der Waals surface area contributed by atoms with Gasteiger partial charge in [0.2, 0.25) is 0 Å². The predicted octanol–water partition coefficient (Wildman–Crippen LogP) is 4.57. The lowest BCUT2D eigenvalue weighted by Crippen LogP contribution is -1.96. The number of benzene rings is 2. The Hall–Kier alpha value is -1.85. The smallest absolute Gasteiger partial charge is 0.141 e. The maximum Gasteiger partial charge on any atom is 0.141 e. The molecule has 0 spiro atoms. The summed E-state index contributed by atoms with van der Waals surface area (Å²) >= 11 is 3.45. The van der Waals surface area contributed by atoms with E-state index in [1.54, 1.807) is 6.07 Å². The first-order valence-corrected chi connectivity index (χ1v) is 6.90. The van der Waals surface area contributed by atoms with Gasteiger partial charge in [0.1, 0.15) is 17.9 Å². The minimum absolute atomic E-state index is 0. The summed E-state index contributed by atoms with van der Waals surface area (Å²) < 4.78 is 0.955. The van der Waals surface area contributed by atoms with E-state index in [2.05, 4.69) is 31.2 Å². The zero-order valence-corrected chi connectivity index (χ0v) is 13.6. The Balaban J connectivity index is 0.00000161. The van der Waals surface area contributed by atoms with Crippen LogP contribution in [0, 0.1) is 6.92 Å². The summed E-state index contributed by atoms with van der Waals surface area (Å²) in [4.78, 5) is 8.49. The molecule has 1 aromatic heterocycles. The highest BCUT2D eigenvalue weighted by Gasteiger charge is 2.07. The number of phenols is 1. The van der Waals surface area contributed by atoms with Crippen molar-refractivity contribution >= 4 is 50.7 Å². The summed E-state index contributed by atoms with van der Waals surface area (Å²) in [5, 5.41) is 14.0. The van der Waals surface area contributed by atoms with Crippen molar-refractivity contribution in [2.45, 2.75) is 6.92 Å². The SMILES string of the molecule is Cc1ccc(O)c(Nc2ncnc3ccc(Br)cc23)c1.Cl. The molecule has 0 aliphatic carbocycles. The van der Waals surface area contributed by atoms with E-state index >= 15 is 0 Å². The lowest BCUT2D eigenvalue weighted by atomic mass is 10.2. The summed E-state index contributed by atoms with van der Waals surface area (Å²) in [6, 6.07) is 11.2. The first-order chi connectivity index (χ1) is 9.63. The molecule has 0 unspecified atom stereocenters. The zero-order chi connectivity index (χ0) is 14.1. The molecule has 2 N–H and O–H groups in total. The number of nitrogens with one attached hydrogen (secondary N) is 1. The van der Waals surface area contributed by atoms with E-state index < -0.39 is 0 Å². The number of phenolic OH excluding ortho intramolecular Hbond substituents is 1. The topological polar surface area (TPSA) is 58.0 Å². The Labute approximate surface area is 136 Å². The second-order valence-electron chi connectivity index (χ2n) is 4.53. The molecule has 0 atom stereocenters. The molecule has 0 saturated heterocycles. The van der Waals surface area contributed by atoms with Gasteiger partial charge in [0.15, 0.2) is 0 Å². The van der Waals surface area contributed by atoms with Crippen LogP contribution in [0.15, 0.2) is 47.2 Å². The largest absolute Gasteiger partial charge is 0.506 e. The lowest BCUT2D eigenvalue weighted by molar-refractivity contribution is 0.477. The molecule has 0 amide bonds. The molecule has 0 aliphatic rings. The average Bonchev–Trinajstić information content (AvgIpc) is 2.43. The highest BCUT2D eigenvalue weighted by molar-refractivity contribution is 9.10. The van der Waals surface area contributed by atoms with Gasteiger partial charge in [-0.05, 0) is 42.8 Å². The van der Waals surface area contributed by atoms with Gasteiger partial charge < -0.3 is 10.4 Å². The molecule has 0 radical (unpaired) electrons. The zero-order valence-electron chi connectivity index (χ0n) is 11.2. The van der Waals surface area contributed by atoms with Crippen LogP contribution in [0.25, 0.3) is 10.9 Å². The van der Waals surface area contributed by atoms with Crippen LogP contribution in [-0.2, 0) is 0 Å². The van der Waals surface area contributed by atoms with Crippen LogP contribution >= 0.6 is 28.3 Å². The molecule has 21 heavy (non-hydrogen) atoms. The fourth-order valence-electron chi connectivity index (χ4n) is 2.01. The van der Waals surface area contributed by atoms with E-state index in [4.69, 9.17) is 0 Å². The standard InChI is InChI=1S/C15H12BrN3O.ClH/c1-9-2-5-14(20)13(6-9)19-15-11-7-10(16)3-4-12(11)17-8-18-15;/h2-8,20H,1H3,(H,17,18,19);1H. The van der Waals surface area contributed by atoms with Gasteiger partial charge in [0, 0.05) is 9.86 Å². The van der Waals surface area contributed by atoms with Gasteiger partial charge in [-0.15, -0.1) is 12.4 Å². The Morgan fingerprint density at radius 2 is 1.90 bits per heavy atom. The van der Waals surface area contributed by atoms with Crippen molar-refractivity contribution in [3.63, 3.8) is 0 Å². The number of halogens is 2. The quantitative estimate of drug-likeness (QED) is 0.652. The minimum atomic E-state index is 0. The predicted molar refractivity (Wildman–Crippen MR) is 90.6 cm³/mol. The molecule has 3 aromatic rings. The molecule has 6 heteroatoms. The Bertz CT molecular complexity index is 795. The second kappa shape index (κ2) is 6.28. The number of hydrogen-bond acceptors (Lipinski definition) is 4. The molecule has 2 aromatic carbocycles. The Morgan fingerprint density at radius 3 is 2.71 bits per heavy atom. The fourth-order valence-corrected chi connectivity index (χ4v) is 2.37. The number of anilines is 2. The molecule has 0 saturated carbocycles. The maximum atomic E-state index is 9.91. The van der Waals surface area contributed by atoms with E-state index in [0.29, 0.717) is 11.5 Å². The van der Waals surface area contributed by atoms with Gasteiger partial charge in [-0.2, -0.15) is 0 Å². The maximum absolute atomic E-state index is 9.91. The van der Waals surface area contributed by atoms with Crippen molar-refractivity contribution in [2.24, 2.45) is 0 Å². The van der Waals surface area contributed by atoms with Crippen LogP contribution < -0.4 is 5.32 Å². The molecule has 3 rings (SSSR count). The van der Waals surface area contributed by atoms with Crippen molar-refractivity contribution in [3.8, 4) is 5.75 Å². The number of nitrogens with zero attached hydrogens (tertiary/aromatic N) is 2. The van der Waals surface area contributed by atoms with Gasteiger partial charge in [-0.25, -0.2) is 9.97 Å². The van der Waals surface area contributed by atoms with Crippen LogP contribution in [0.2, 0.25) is 0 Å². The monoisotopic (exact) mass is 365 g/mol. The van der Waals surface area contributed by atoms with Crippen LogP contribution in [0.1, 0.15) is 5.56 Å². The molecule has 4 nitrogen and oxygen atoms in total. The lowest BCUT2D eigenvalue weighted by Gasteiger charge is -2.10. The summed E-state index contributed by atoms with van der Waals surface area (Å²) in [5.41, 5.74) is 2.53. The first kappa shape index (κ1) is 15.5. The minimum Gasteiger partial charge on any atom is -0.506 e. The summed E-state index contributed by atoms with van der Waals surface area (Å²) in [5.74, 6) is 0.856. The van der Waals surface area contributed by atoms with E-state index in [1.165, 1.54) is 6.33 Å². The number of aromatic hydroxyl groups is 1.